The molecule has 8 nitrogen and oxygen atoms in total. The van der Waals surface area contributed by atoms with Crippen LogP contribution < -0.4 is 10.3 Å². The van der Waals surface area contributed by atoms with E-state index in [0.717, 1.165) is 48.4 Å². The second-order valence-electron chi connectivity index (χ2n) is 8.34. The average molecular weight is 447 g/mol. The number of aromatic nitrogens is 3. The molecule has 2 fully saturated rings. The van der Waals surface area contributed by atoms with Crippen LogP contribution in [0.2, 0.25) is 5.15 Å². The van der Waals surface area contributed by atoms with Crippen LogP contribution >= 0.6 is 11.6 Å². The summed E-state index contributed by atoms with van der Waals surface area (Å²) in [6, 6.07) is 11.8. The molecule has 2 aromatic heterocycles. The van der Waals surface area contributed by atoms with Gasteiger partial charge in [0.15, 0.2) is 5.82 Å². The number of nitrogens with one attached hydrogen (secondary N) is 1. The summed E-state index contributed by atoms with van der Waals surface area (Å²) in [7, 11) is 0. The van der Waals surface area contributed by atoms with Gasteiger partial charge in [0.2, 0.25) is 11.3 Å². The highest BCUT2D eigenvalue weighted by molar-refractivity contribution is 7.76. The Morgan fingerprint density at radius 2 is 2.07 bits per heavy atom. The summed E-state index contributed by atoms with van der Waals surface area (Å²) < 4.78 is 24.6. The largest absolute Gasteiger partial charge is 0.354 e. The number of hydrogen-bond donors (Lipinski definition) is 2. The van der Waals surface area contributed by atoms with E-state index in [1.165, 1.54) is 4.41 Å². The molecule has 1 unspecified atom stereocenters. The first-order chi connectivity index (χ1) is 14.4. The average Bonchev–Trinajstić information content (AvgIpc) is 2.96. The molecular weight excluding hydrogens is 424 g/mol. The molecule has 1 aliphatic heterocycles. The minimum Gasteiger partial charge on any atom is -0.354 e. The molecule has 10 heteroatoms. The summed E-state index contributed by atoms with van der Waals surface area (Å²) in [5.74, 6) is 0.915. The van der Waals surface area contributed by atoms with Crippen LogP contribution in [0.5, 0.6) is 0 Å². The highest BCUT2D eigenvalue weighted by Gasteiger charge is 2.53. The van der Waals surface area contributed by atoms with Gasteiger partial charge in [-0.1, -0.05) is 41.9 Å². The molecule has 2 aliphatic rings. The molecule has 158 valence electrons. The van der Waals surface area contributed by atoms with Gasteiger partial charge in [-0.05, 0) is 37.0 Å². The molecule has 0 amide bonds. The van der Waals surface area contributed by atoms with Gasteiger partial charge in [-0.25, -0.2) is 19.1 Å². The van der Waals surface area contributed by atoms with E-state index < -0.39 is 11.3 Å². The van der Waals surface area contributed by atoms with Gasteiger partial charge < -0.3 is 4.90 Å². The maximum absolute atomic E-state index is 11.8. The summed E-state index contributed by atoms with van der Waals surface area (Å²) >= 11 is 4.18. The van der Waals surface area contributed by atoms with Crippen LogP contribution in [0, 0.1) is 12.3 Å². The number of fused-ring (bicyclic) bond motifs is 1. The topological polar surface area (TPSA) is 86.0 Å². The minimum atomic E-state index is -2.07. The van der Waals surface area contributed by atoms with Crippen LogP contribution in [0.25, 0.3) is 5.52 Å². The highest BCUT2D eigenvalue weighted by atomic mass is 35.5. The minimum absolute atomic E-state index is 0.196. The number of nitrogens with zero attached hydrogens (tertiary/aromatic N) is 5. The summed E-state index contributed by atoms with van der Waals surface area (Å²) in [4.78, 5) is 6.77. The fourth-order valence-corrected chi connectivity index (χ4v) is 5.53. The predicted octanol–water partition coefficient (Wildman–Crippen LogP) is 2.80. The van der Waals surface area contributed by atoms with E-state index in [4.69, 9.17) is 11.6 Å². The SMILES string of the molecule is Cc1cc(Cl)n2ncnc(N3CC4(CC(NN(Cc5ccccc5)S(=O)O)C4)C3)c12. The van der Waals surface area contributed by atoms with Crippen LogP contribution in [0.4, 0.5) is 5.82 Å². The zero-order valence-electron chi connectivity index (χ0n) is 16.5. The number of benzene rings is 1. The van der Waals surface area contributed by atoms with Crippen molar-refractivity contribution < 1.29 is 8.76 Å². The number of rotatable bonds is 6. The van der Waals surface area contributed by atoms with Crippen molar-refractivity contribution in [2.75, 3.05) is 18.0 Å². The maximum atomic E-state index is 11.8. The monoisotopic (exact) mass is 446 g/mol. The van der Waals surface area contributed by atoms with E-state index in [-0.39, 0.29) is 11.5 Å². The van der Waals surface area contributed by atoms with Gasteiger partial charge in [0, 0.05) is 24.5 Å². The molecule has 1 saturated carbocycles. The Kier molecular flexibility index (Phi) is 5.03. The summed E-state index contributed by atoms with van der Waals surface area (Å²) in [5.41, 5.74) is 6.48. The van der Waals surface area contributed by atoms with Crippen LogP contribution in [-0.2, 0) is 17.8 Å². The third-order valence-corrected chi connectivity index (χ3v) is 6.96. The van der Waals surface area contributed by atoms with Gasteiger partial charge >= 0.3 is 0 Å². The molecule has 1 saturated heterocycles. The third kappa shape index (κ3) is 3.50. The van der Waals surface area contributed by atoms with Crippen molar-refractivity contribution in [1.29, 1.82) is 0 Å². The number of halogens is 1. The molecule has 3 heterocycles. The Balaban J connectivity index is 1.21. The van der Waals surface area contributed by atoms with Gasteiger partial charge in [-0.2, -0.15) is 5.10 Å². The van der Waals surface area contributed by atoms with Crippen molar-refractivity contribution in [2.45, 2.75) is 32.4 Å². The van der Waals surface area contributed by atoms with E-state index in [2.05, 4.69) is 20.4 Å². The van der Waals surface area contributed by atoms with E-state index in [1.807, 2.05) is 43.3 Å². The van der Waals surface area contributed by atoms with Crippen LogP contribution in [0.15, 0.2) is 42.7 Å². The normalized spacial score (nSPS) is 19.3. The molecular formula is C20H23ClN6O2S. The zero-order valence-corrected chi connectivity index (χ0v) is 18.1. The van der Waals surface area contributed by atoms with Crippen molar-refractivity contribution in [2.24, 2.45) is 5.41 Å². The first-order valence-corrected chi connectivity index (χ1v) is 11.3. The Morgan fingerprint density at radius 1 is 1.33 bits per heavy atom. The maximum Gasteiger partial charge on any atom is 0.249 e. The van der Waals surface area contributed by atoms with Crippen molar-refractivity contribution in [3.05, 3.63) is 59.0 Å². The number of anilines is 1. The molecule has 0 bridgehead atoms. The zero-order chi connectivity index (χ0) is 20.9. The van der Waals surface area contributed by atoms with E-state index >= 15 is 0 Å². The van der Waals surface area contributed by atoms with Gasteiger partial charge in [-0.15, -0.1) is 4.41 Å². The smallest absolute Gasteiger partial charge is 0.249 e. The molecule has 1 aromatic carbocycles. The van der Waals surface area contributed by atoms with Crippen LogP contribution in [0.3, 0.4) is 0 Å². The van der Waals surface area contributed by atoms with Crippen molar-refractivity contribution in [3.8, 4) is 0 Å². The molecule has 3 aromatic rings. The van der Waals surface area contributed by atoms with Crippen LogP contribution in [-0.4, -0.2) is 46.9 Å². The first kappa shape index (κ1) is 19.9. The van der Waals surface area contributed by atoms with Crippen molar-refractivity contribution in [3.63, 3.8) is 0 Å². The molecule has 2 N–H and O–H groups in total. The van der Waals surface area contributed by atoms with E-state index in [1.54, 1.807) is 10.8 Å². The van der Waals surface area contributed by atoms with Crippen molar-refractivity contribution >= 4 is 34.2 Å². The van der Waals surface area contributed by atoms with Gasteiger partial charge in [0.1, 0.15) is 17.0 Å². The second-order valence-corrected chi connectivity index (χ2v) is 9.63. The number of aryl methyl sites for hydroxylation is 1. The lowest BCUT2D eigenvalue weighted by molar-refractivity contribution is 0.0225. The lowest BCUT2D eigenvalue weighted by atomic mass is 9.61. The lowest BCUT2D eigenvalue weighted by Gasteiger charge is -2.59. The molecule has 5 rings (SSSR count). The fourth-order valence-electron chi connectivity index (χ4n) is 4.74. The third-order valence-electron chi connectivity index (χ3n) is 6.08. The molecule has 1 atom stereocenters. The second kappa shape index (κ2) is 7.58. The van der Waals surface area contributed by atoms with Gasteiger partial charge in [-0.3, -0.25) is 4.55 Å². The fraction of sp³-hybridized carbons (Fsp3) is 0.400. The Bertz CT molecular complexity index is 1090. The highest BCUT2D eigenvalue weighted by Crippen LogP contribution is 2.50. The van der Waals surface area contributed by atoms with E-state index in [9.17, 15) is 8.76 Å². The van der Waals surface area contributed by atoms with Crippen LogP contribution in [0.1, 0.15) is 24.0 Å². The summed E-state index contributed by atoms with van der Waals surface area (Å²) in [6.45, 7) is 4.23. The predicted molar refractivity (Wildman–Crippen MR) is 116 cm³/mol. The van der Waals surface area contributed by atoms with Crippen molar-refractivity contribution in [1.82, 2.24) is 24.4 Å². The Labute approximate surface area is 182 Å². The Hall–Kier alpha value is -2.04. The first-order valence-electron chi connectivity index (χ1n) is 9.86. The number of hydrogen-bond acceptors (Lipinski definition) is 5. The summed E-state index contributed by atoms with van der Waals surface area (Å²) in [5, 5.41) is 4.84. The summed E-state index contributed by atoms with van der Waals surface area (Å²) in [6.07, 6.45) is 3.48. The lowest BCUT2D eigenvalue weighted by Crippen LogP contribution is -2.67. The molecule has 1 spiro atoms. The molecule has 1 aliphatic carbocycles. The quantitative estimate of drug-likeness (QED) is 0.447. The standard InChI is InChI=1S/C20H23ClN6O2S/c1-14-7-17(21)27-18(14)19(22-13-23-27)25-11-20(12-25)8-16(9-20)24-26(30(28)29)10-15-5-3-2-4-6-15/h2-7,13,16,24H,8-12H2,1H3,(H,28,29). The van der Waals surface area contributed by atoms with Gasteiger partial charge in [0.05, 0.1) is 6.54 Å². The van der Waals surface area contributed by atoms with E-state index in [0.29, 0.717) is 11.7 Å². The Morgan fingerprint density at radius 3 is 2.77 bits per heavy atom. The van der Waals surface area contributed by atoms with Gasteiger partial charge in [0.25, 0.3) is 0 Å². The molecule has 0 radical (unpaired) electrons. The molecule has 30 heavy (non-hydrogen) atoms. The number of hydrazine groups is 1.